The predicted molar refractivity (Wildman–Crippen MR) is 105 cm³/mol. The van der Waals surface area contributed by atoms with E-state index in [1.54, 1.807) is 12.1 Å². The van der Waals surface area contributed by atoms with Crippen LogP contribution in [0.1, 0.15) is 35.2 Å². The van der Waals surface area contributed by atoms with E-state index in [-0.39, 0.29) is 18.6 Å². The monoisotopic (exact) mass is 363 g/mol. The molecule has 140 valence electrons. The van der Waals surface area contributed by atoms with Crippen molar-refractivity contribution in [1.82, 2.24) is 10.2 Å². The van der Waals surface area contributed by atoms with Crippen molar-refractivity contribution >= 4 is 5.91 Å². The minimum atomic E-state index is -0.310. The van der Waals surface area contributed by atoms with Crippen LogP contribution in [-0.2, 0) is 0 Å². The lowest BCUT2D eigenvalue weighted by Gasteiger charge is -2.30. The molecule has 1 amide bonds. The van der Waals surface area contributed by atoms with Gasteiger partial charge in [0.05, 0.1) is 24.3 Å². The summed E-state index contributed by atoms with van der Waals surface area (Å²) >= 11 is 0. The summed E-state index contributed by atoms with van der Waals surface area (Å²) in [7, 11) is 0. The van der Waals surface area contributed by atoms with Gasteiger partial charge >= 0.3 is 0 Å². The van der Waals surface area contributed by atoms with Gasteiger partial charge < -0.3 is 15.3 Å². The molecule has 0 radical (unpaired) electrons. The summed E-state index contributed by atoms with van der Waals surface area (Å²) in [5.74, 6) is -0.227. The maximum absolute atomic E-state index is 12.9. The molecular formula is C22H25N3O2. The van der Waals surface area contributed by atoms with Gasteiger partial charge in [-0.05, 0) is 43.6 Å². The van der Waals surface area contributed by atoms with Crippen molar-refractivity contribution in [3.05, 3.63) is 59.7 Å². The Balaban J connectivity index is 1.79. The highest BCUT2D eigenvalue weighted by molar-refractivity contribution is 6.01. The van der Waals surface area contributed by atoms with E-state index in [2.05, 4.69) is 16.3 Å². The Hall–Kier alpha value is -2.68. The standard InChI is InChI=1S/C22H25N3O2/c23-14-17-8-2-3-9-19(17)20-10-4-5-11-21(20)22(27)24-18(16-26)15-25-12-6-1-7-13-25/h2-5,8-11,18,26H,1,6-7,12-13,15-16H2,(H,24,27). The summed E-state index contributed by atoms with van der Waals surface area (Å²) < 4.78 is 0. The molecule has 0 aliphatic carbocycles. The SMILES string of the molecule is N#Cc1ccccc1-c1ccccc1C(=O)NC(CO)CN1CCCCC1. The second-order valence-corrected chi connectivity index (χ2v) is 6.92. The number of hydrogen-bond acceptors (Lipinski definition) is 4. The minimum absolute atomic E-state index is 0.0980. The number of carbonyl (C=O) groups excluding carboxylic acids is 1. The second kappa shape index (κ2) is 9.31. The minimum Gasteiger partial charge on any atom is -0.394 e. The number of aliphatic hydroxyl groups excluding tert-OH is 1. The first kappa shape index (κ1) is 19.1. The first-order valence-electron chi connectivity index (χ1n) is 9.45. The maximum atomic E-state index is 12.9. The van der Waals surface area contributed by atoms with E-state index in [1.165, 1.54) is 19.3 Å². The van der Waals surface area contributed by atoms with Gasteiger partial charge in [-0.1, -0.05) is 42.8 Å². The summed E-state index contributed by atoms with van der Waals surface area (Å²) in [5, 5.41) is 22.1. The first-order valence-corrected chi connectivity index (χ1v) is 9.45. The van der Waals surface area contributed by atoms with Gasteiger partial charge in [-0.25, -0.2) is 0 Å². The zero-order valence-corrected chi connectivity index (χ0v) is 15.4. The van der Waals surface area contributed by atoms with E-state index in [0.717, 1.165) is 24.2 Å². The average Bonchev–Trinajstić information content (AvgIpc) is 2.73. The molecule has 1 saturated heterocycles. The van der Waals surface area contributed by atoms with Crippen molar-refractivity contribution in [3.8, 4) is 17.2 Å². The van der Waals surface area contributed by atoms with E-state index in [4.69, 9.17) is 0 Å². The fourth-order valence-corrected chi connectivity index (χ4v) is 3.60. The van der Waals surface area contributed by atoms with Gasteiger partial charge in [-0.3, -0.25) is 4.79 Å². The molecule has 1 heterocycles. The number of benzene rings is 2. The summed E-state index contributed by atoms with van der Waals surface area (Å²) in [6.45, 7) is 2.58. The van der Waals surface area contributed by atoms with Gasteiger partial charge in [-0.15, -0.1) is 0 Å². The molecule has 1 aliphatic heterocycles. The van der Waals surface area contributed by atoms with Crippen LogP contribution in [0.3, 0.4) is 0 Å². The van der Waals surface area contributed by atoms with Crippen molar-refractivity contribution in [2.45, 2.75) is 25.3 Å². The van der Waals surface area contributed by atoms with Crippen LogP contribution in [0, 0.1) is 11.3 Å². The third kappa shape index (κ3) is 4.73. The Morgan fingerprint density at radius 2 is 1.74 bits per heavy atom. The lowest BCUT2D eigenvalue weighted by atomic mass is 9.95. The van der Waals surface area contributed by atoms with Crippen molar-refractivity contribution in [1.29, 1.82) is 5.26 Å². The average molecular weight is 363 g/mol. The second-order valence-electron chi connectivity index (χ2n) is 6.92. The lowest BCUT2D eigenvalue weighted by Crippen LogP contribution is -2.47. The quantitative estimate of drug-likeness (QED) is 0.827. The first-order chi connectivity index (χ1) is 13.2. The molecule has 1 atom stereocenters. The highest BCUT2D eigenvalue weighted by Crippen LogP contribution is 2.27. The number of likely N-dealkylation sites (tertiary alicyclic amines) is 1. The molecule has 3 rings (SSSR count). The van der Waals surface area contributed by atoms with E-state index in [1.807, 2.05) is 36.4 Å². The molecule has 5 heteroatoms. The number of nitriles is 1. The van der Waals surface area contributed by atoms with Crippen LogP contribution in [0.25, 0.3) is 11.1 Å². The number of rotatable bonds is 6. The molecule has 2 N–H and O–H groups in total. The fraction of sp³-hybridized carbons (Fsp3) is 0.364. The Morgan fingerprint density at radius 3 is 2.44 bits per heavy atom. The zero-order valence-electron chi connectivity index (χ0n) is 15.4. The lowest BCUT2D eigenvalue weighted by molar-refractivity contribution is 0.0887. The van der Waals surface area contributed by atoms with Crippen molar-refractivity contribution in [2.24, 2.45) is 0 Å². The molecule has 2 aromatic carbocycles. The van der Waals surface area contributed by atoms with E-state index >= 15 is 0 Å². The number of piperidine rings is 1. The van der Waals surface area contributed by atoms with Crippen LogP contribution in [-0.4, -0.2) is 48.2 Å². The van der Waals surface area contributed by atoms with E-state index < -0.39 is 0 Å². The van der Waals surface area contributed by atoms with E-state index in [0.29, 0.717) is 17.7 Å². The third-order valence-corrected chi connectivity index (χ3v) is 4.99. The molecular weight excluding hydrogens is 338 g/mol. The van der Waals surface area contributed by atoms with Gasteiger partial charge in [0.1, 0.15) is 0 Å². The number of aliphatic hydroxyl groups is 1. The number of carbonyl (C=O) groups is 1. The van der Waals surface area contributed by atoms with E-state index in [9.17, 15) is 15.2 Å². The molecule has 1 fully saturated rings. The number of nitrogens with one attached hydrogen (secondary N) is 1. The highest BCUT2D eigenvalue weighted by Gasteiger charge is 2.20. The largest absolute Gasteiger partial charge is 0.394 e. The number of nitrogens with zero attached hydrogens (tertiary/aromatic N) is 2. The topological polar surface area (TPSA) is 76.4 Å². The van der Waals surface area contributed by atoms with Crippen molar-refractivity contribution in [3.63, 3.8) is 0 Å². The van der Waals surface area contributed by atoms with Crippen molar-refractivity contribution < 1.29 is 9.90 Å². The molecule has 0 spiro atoms. The van der Waals surface area contributed by atoms with Crippen LogP contribution in [0.15, 0.2) is 48.5 Å². The van der Waals surface area contributed by atoms with Crippen LogP contribution in [0.2, 0.25) is 0 Å². The van der Waals surface area contributed by atoms with Crippen molar-refractivity contribution in [2.75, 3.05) is 26.2 Å². The summed E-state index contributed by atoms with van der Waals surface area (Å²) in [5.41, 5.74) is 2.51. The van der Waals surface area contributed by atoms with Crippen LogP contribution in [0.5, 0.6) is 0 Å². The molecule has 27 heavy (non-hydrogen) atoms. The van der Waals surface area contributed by atoms with Crippen LogP contribution >= 0.6 is 0 Å². The predicted octanol–water partition coefficient (Wildman–Crippen LogP) is 2.80. The van der Waals surface area contributed by atoms with Gasteiger partial charge in [0, 0.05) is 17.7 Å². The van der Waals surface area contributed by atoms with Gasteiger partial charge in [-0.2, -0.15) is 5.26 Å². The molecule has 5 nitrogen and oxygen atoms in total. The molecule has 0 aromatic heterocycles. The third-order valence-electron chi connectivity index (χ3n) is 4.99. The molecule has 0 bridgehead atoms. The normalized spacial score (nSPS) is 15.7. The van der Waals surface area contributed by atoms with Crippen LogP contribution in [0.4, 0.5) is 0 Å². The van der Waals surface area contributed by atoms with Gasteiger partial charge in [0.2, 0.25) is 0 Å². The molecule has 1 aliphatic rings. The smallest absolute Gasteiger partial charge is 0.252 e. The Kier molecular flexibility index (Phi) is 6.59. The molecule has 1 unspecified atom stereocenters. The van der Waals surface area contributed by atoms with Gasteiger partial charge in [0.15, 0.2) is 0 Å². The summed E-state index contributed by atoms with van der Waals surface area (Å²) in [4.78, 5) is 15.2. The molecule has 0 saturated carbocycles. The number of hydrogen-bond donors (Lipinski definition) is 2. The summed E-state index contributed by atoms with van der Waals surface area (Å²) in [6, 6.07) is 16.4. The maximum Gasteiger partial charge on any atom is 0.252 e. The Labute approximate surface area is 160 Å². The Morgan fingerprint density at radius 1 is 1.07 bits per heavy atom. The Bertz CT molecular complexity index is 822. The zero-order chi connectivity index (χ0) is 19.1. The van der Waals surface area contributed by atoms with Crippen LogP contribution < -0.4 is 5.32 Å². The van der Waals surface area contributed by atoms with Gasteiger partial charge in [0.25, 0.3) is 5.91 Å². The fourth-order valence-electron chi connectivity index (χ4n) is 3.60. The summed E-state index contributed by atoms with van der Waals surface area (Å²) in [6.07, 6.45) is 3.58. The molecule has 2 aromatic rings. The number of amides is 1. The highest BCUT2D eigenvalue weighted by atomic mass is 16.3.